The van der Waals surface area contributed by atoms with Crippen LogP contribution in [0.5, 0.6) is 5.75 Å². The summed E-state index contributed by atoms with van der Waals surface area (Å²) in [6.45, 7) is 4.05. The molecule has 2 heterocycles. The zero-order valence-electron chi connectivity index (χ0n) is 16.5. The number of anilines is 1. The standard InChI is InChI=1S/C23H28N2O3/c1-2-25-15-9-14-18-19(16-10-5-3-6-11-16)21(28-23(26)27)20(24-22(18)25)17-12-7-4-8-13-17/h3,5-6,10-11,17H,2,4,7-9,12-15H2,1H3,(H,26,27). The molecule has 0 radical (unpaired) electrons. The van der Waals surface area contributed by atoms with Crippen molar-refractivity contribution in [2.75, 3.05) is 18.0 Å². The van der Waals surface area contributed by atoms with Gasteiger partial charge < -0.3 is 14.7 Å². The fraction of sp³-hybridized carbons (Fsp3) is 0.478. The highest BCUT2D eigenvalue weighted by Crippen LogP contribution is 2.47. The van der Waals surface area contributed by atoms with E-state index in [0.717, 1.165) is 79.8 Å². The minimum absolute atomic E-state index is 0.261. The molecule has 0 spiro atoms. The van der Waals surface area contributed by atoms with E-state index in [1.807, 2.05) is 30.3 Å². The number of nitrogens with zero attached hydrogens (tertiary/aromatic N) is 2. The van der Waals surface area contributed by atoms with Crippen molar-refractivity contribution < 1.29 is 14.6 Å². The van der Waals surface area contributed by atoms with E-state index in [0.29, 0.717) is 5.75 Å². The summed E-state index contributed by atoms with van der Waals surface area (Å²) in [6, 6.07) is 10.1. The number of hydrogen-bond acceptors (Lipinski definition) is 4. The quantitative estimate of drug-likeness (QED) is 0.697. The van der Waals surface area contributed by atoms with Gasteiger partial charge in [-0.15, -0.1) is 0 Å². The number of rotatable bonds is 4. The molecule has 0 amide bonds. The van der Waals surface area contributed by atoms with Crippen molar-refractivity contribution in [3.63, 3.8) is 0 Å². The van der Waals surface area contributed by atoms with Crippen LogP contribution >= 0.6 is 0 Å². The molecule has 5 heteroatoms. The summed E-state index contributed by atoms with van der Waals surface area (Å²) in [4.78, 5) is 19.0. The van der Waals surface area contributed by atoms with Crippen molar-refractivity contribution in [2.24, 2.45) is 0 Å². The normalized spacial score (nSPS) is 17.2. The minimum atomic E-state index is -1.26. The molecule has 1 aliphatic carbocycles. The molecule has 2 aliphatic rings. The summed E-state index contributed by atoms with van der Waals surface area (Å²) in [5.74, 6) is 1.74. The van der Waals surface area contributed by atoms with Gasteiger partial charge in [0.05, 0.1) is 5.69 Å². The van der Waals surface area contributed by atoms with E-state index < -0.39 is 6.16 Å². The first-order valence-electron chi connectivity index (χ1n) is 10.5. The third kappa shape index (κ3) is 3.58. The number of carboxylic acid groups (broad SMARTS) is 1. The van der Waals surface area contributed by atoms with E-state index in [4.69, 9.17) is 9.72 Å². The second kappa shape index (κ2) is 8.21. The molecule has 1 aliphatic heterocycles. The number of pyridine rings is 1. The molecule has 5 nitrogen and oxygen atoms in total. The lowest BCUT2D eigenvalue weighted by molar-refractivity contribution is 0.143. The van der Waals surface area contributed by atoms with Crippen LogP contribution in [0.2, 0.25) is 0 Å². The topological polar surface area (TPSA) is 62.7 Å². The lowest BCUT2D eigenvalue weighted by atomic mass is 9.83. The smallest absolute Gasteiger partial charge is 0.449 e. The first-order valence-corrected chi connectivity index (χ1v) is 10.5. The molecule has 0 saturated heterocycles. The number of fused-ring (bicyclic) bond motifs is 1. The largest absolute Gasteiger partial charge is 0.511 e. The zero-order chi connectivity index (χ0) is 19.5. The molecule has 2 aromatic rings. The van der Waals surface area contributed by atoms with Gasteiger partial charge in [-0.3, -0.25) is 0 Å². The van der Waals surface area contributed by atoms with Gasteiger partial charge >= 0.3 is 6.16 Å². The molecular formula is C23H28N2O3. The maximum absolute atomic E-state index is 11.6. The molecule has 1 saturated carbocycles. The van der Waals surface area contributed by atoms with Crippen LogP contribution in [0.3, 0.4) is 0 Å². The highest BCUT2D eigenvalue weighted by atomic mass is 16.7. The summed E-state index contributed by atoms with van der Waals surface area (Å²) >= 11 is 0. The van der Waals surface area contributed by atoms with Gasteiger partial charge in [-0.25, -0.2) is 9.78 Å². The second-order valence-electron chi connectivity index (χ2n) is 7.76. The minimum Gasteiger partial charge on any atom is -0.449 e. The lowest BCUT2D eigenvalue weighted by Gasteiger charge is -2.33. The molecule has 0 unspecified atom stereocenters. The molecular weight excluding hydrogens is 352 g/mol. The summed E-state index contributed by atoms with van der Waals surface area (Å²) in [7, 11) is 0. The van der Waals surface area contributed by atoms with Crippen molar-refractivity contribution in [3.05, 3.63) is 41.6 Å². The van der Waals surface area contributed by atoms with Crippen LogP contribution in [-0.4, -0.2) is 29.3 Å². The number of carbonyl (C=O) groups is 1. The summed E-state index contributed by atoms with van der Waals surface area (Å²) < 4.78 is 5.45. The lowest BCUT2D eigenvalue weighted by Crippen LogP contribution is -2.31. The molecule has 28 heavy (non-hydrogen) atoms. The van der Waals surface area contributed by atoms with Crippen LogP contribution < -0.4 is 9.64 Å². The van der Waals surface area contributed by atoms with Crippen LogP contribution in [0.15, 0.2) is 30.3 Å². The highest BCUT2D eigenvalue weighted by Gasteiger charge is 2.31. The van der Waals surface area contributed by atoms with E-state index in [2.05, 4.69) is 11.8 Å². The predicted molar refractivity (Wildman–Crippen MR) is 110 cm³/mol. The summed E-state index contributed by atoms with van der Waals surface area (Å²) in [5.41, 5.74) is 3.88. The van der Waals surface area contributed by atoms with Gasteiger partial charge in [-0.2, -0.15) is 0 Å². The summed E-state index contributed by atoms with van der Waals surface area (Å²) in [6.07, 6.45) is 6.32. The van der Waals surface area contributed by atoms with Crippen LogP contribution in [-0.2, 0) is 6.42 Å². The molecule has 1 fully saturated rings. The Morgan fingerprint density at radius 2 is 1.93 bits per heavy atom. The Labute approximate surface area is 166 Å². The molecule has 0 bridgehead atoms. The number of hydrogen-bond donors (Lipinski definition) is 1. The van der Waals surface area contributed by atoms with E-state index in [9.17, 15) is 9.90 Å². The fourth-order valence-electron chi connectivity index (χ4n) is 4.72. The first kappa shape index (κ1) is 18.8. The molecule has 148 valence electrons. The Hall–Kier alpha value is -2.56. The van der Waals surface area contributed by atoms with Gasteiger partial charge in [0, 0.05) is 30.1 Å². The van der Waals surface area contributed by atoms with Crippen LogP contribution in [0, 0.1) is 0 Å². The van der Waals surface area contributed by atoms with Gasteiger partial charge in [0.25, 0.3) is 0 Å². The fourth-order valence-corrected chi connectivity index (χ4v) is 4.72. The van der Waals surface area contributed by atoms with E-state index >= 15 is 0 Å². The third-order valence-electron chi connectivity index (χ3n) is 6.04. The summed E-state index contributed by atoms with van der Waals surface area (Å²) in [5, 5.41) is 9.50. The van der Waals surface area contributed by atoms with Crippen molar-refractivity contribution >= 4 is 12.0 Å². The average Bonchev–Trinajstić information content (AvgIpc) is 2.73. The van der Waals surface area contributed by atoms with Crippen molar-refractivity contribution in [3.8, 4) is 16.9 Å². The van der Waals surface area contributed by atoms with Crippen LogP contribution in [0.25, 0.3) is 11.1 Å². The van der Waals surface area contributed by atoms with Crippen molar-refractivity contribution in [1.29, 1.82) is 0 Å². The molecule has 1 aromatic carbocycles. The van der Waals surface area contributed by atoms with Crippen molar-refractivity contribution in [1.82, 2.24) is 4.98 Å². The maximum Gasteiger partial charge on any atom is 0.511 e. The van der Waals surface area contributed by atoms with Crippen LogP contribution in [0.4, 0.5) is 10.6 Å². The third-order valence-corrected chi connectivity index (χ3v) is 6.04. The SMILES string of the molecule is CCN1CCCc2c1nc(C1CCCCC1)c(OC(=O)O)c2-c1ccccc1. The number of aromatic nitrogens is 1. The van der Waals surface area contributed by atoms with Gasteiger partial charge in [-0.05, 0) is 38.2 Å². The van der Waals surface area contributed by atoms with Gasteiger partial charge in [0.1, 0.15) is 5.82 Å². The first-order chi connectivity index (χ1) is 13.7. The Bertz CT molecular complexity index is 845. The van der Waals surface area contributed by atoms with E-state index in [1.54, 1.807) is 0 Å². The Morgan fingerprint density at radius 3 is 2.61 bits per heavy atom. The van der Waals surface area contributed by atoms with Gasteiger partial charge in [0.15, 0.2) is 5.75 Å². The molecule has 4 rings (SSSR count). The monoisotopic (exact) mass is 380 g/mol. The number of benzene rings is 1. The van der Waals surface area contributed by atoms with Gasteiger partial charge in [-0.1, -0.05) is 49.6 Å². The second-order valence-corrected chi connectivity index (χ2v) is 7.76. The molecule has 1 aromatic heterocycles. The molecule has 1 N–H and O–H groups in total. The average molecular weight is 380 g/mol. The Balaban J connectivity index is 1.98. The Morgan fingerprint density at radius 1 is 1.18 bits per heavy atom. The maximum atomic E-state index is 11.6. The van der Waals surface area contributed by atoms with Crippen molar-refractivity contribution in [2.45, 2.75) is 57.8 Å². The zero-order valence-corrected chi connectivity index (χ0v) is 16.5. The van der Waals surface area contributed by atoms with E-state index in [-0.39, 0.29) is 5.92 Å². The number of ether oxygens (including phenoxy) is 1. The van der Waals surface area contributed by atoms with E-state index in [1.165, 1.54) is 6.42 Å². The van der Waals surface area contributed by atoms with Gasteiger partial charge in [0.2, 0.25) is 0 Å². The predicted octanol–water partition coefficient (Wildman–Crippen LogP) is 5.63. The van der Waals surface area contributed by atoms with Crippen LogP contribution in [0.1, 0.15) is 62.6 Å². The Kier molecular flexibility index (Phi) is 5.51. The molecule has 0 atom stereocenters. The highest BCUT2D eigenvalue weighted by molar-refractivity contribution is 5.82.